The molecule has 1 aliphatic heterocycles. The molecule has 2 unspecified atom stereocenters. The van der Waals surface area contributed by atoms with Gasteiger partial charge in [0.25, 0.3) is 10.0 Å². The Morgan fingerprint density at radius 3 is 2.64 bits per heavy atom. The number of fused-ring (bicyclic) bond motifs is 3. The van der Waals surface area contributed by atoms with Gasteiger partial charge in [-0.15, -0.1) is 3.71 Å². The van der Waals surface area contributed by atoms with Crippen LogP contribution in [0.3, 0.4) is 0 Å². The first-order valence-electron chi connectivity index (χ1n) is 7.10. The molecule has 0 aromatic heterocycles. The maximum Gasteiger partial charge on any atom is 0.254 e. The molecule has 4 rings (SSSR count). The van der Waals surface area contributed by atoms with Crippen LogP contribution >= 0.6 is 12.2 Å². The zero-order chi connectivity index (χ0) is 15.3. The number of hydrogen-bond acceptors (Lipinski definition) is 4. The summed E-state index contributed by atoms with van der Waals surface area (Å²) in [5.74, 6) is 0. The quantitative estimate of drug-likeness (QED) is 0.625. The maximum absolute atomic E-state index is 12.9. The summed E-state index contributed by atoms with van der Waals surface area (Å²) < 4.78 is 32.9. The summed E-state index contributed by atoms with van der Waals surface area (Å²) in [5, 5.41) is 0. The first kappa shape index (κ1) is 14.3. The van der Waals surface area contributed by atoms with Crippen molar-refractivity contribution in [3.8, 4) is 0 Å². The van der Waals surface area contributed by atoms with E-state index in [9.17, 15) is 8.42 Å². The molecule has 1 aliphatic carbocycles. The van der Waals surface area contributed by atoms with Crippen LogP contribution in [0.25, 0.3) is 0 Å². The molecule has 22 heavy (non-hydrogen) atoms. The molecular weight excluding hydrogens is 318 g/mol. The summed E-state index contributed by atoms with van der Waals surface area (Å²) in [6.45, 7) is 1.94. The van der Waals surface area contributed by atoms with E-state index in [4.69, 9.17) is 4.18 Å². The van der Waals surface area contributed by atoms with Gasteiger partial charge in [-0.25, -0.2) is 8.42 Å². The average Bonchev–Trinajstić information content (AvgIpc) is 3.06. The van der Waals surface area contributed by atoms with E-state index in [1.54, 1.807) is 12.1 Å². The summed E-state index contributed by atoms with van der Waals surface area (Å²) in [6, 6.07) is 14.6. The highest BCUT2D eigenvalue weighted by atomic mass is 32.3. The Morgan fingerprint density at radius 2 is 1.86 bits per heavy atom. The van der Waals surface area contributed by atoms with Gasteiger partial charge in [0.05, 0.1) is 29.3 Å². The first-order chi connectivity index (χ1) is 10.6. The molecule has 1 saturated heterocycles. The molecule has 2 aliphatic rings. The van der Waals surface area contributed by atoms with Crippen LogP contribution in [-0.2, 0) is 20.6 Å². The molecule has 2 aromatic rings. The van der Waals surface area contributed by atoms with Gasteiger partial charge in [0.1, 0.15) is 0 Å². The van der Waals surface area contributed by atoms with Gasteiger partial charge >= 0.3 is 0 Å². The Labute approximate surface area is 134 Å². The topological polar surface area (TPSA) is 46.6 Å². The molecular formula is C16H15NO3S2. The highest BCUT2D eigenvalue weighted by Gasteiger charge is 2.49. The van der Waals surface area contributed by atoms with Crippen LogP contribution in [0.2, 0.25) is 0 Å². The third kappa shape index (κ3) is 2.10. The van der Waals surface area contributed by atoms with E-state index in [2.05, 4.69) is 0 Å². The summed E-state index contributed by atoms with van der Waals surface area (Å²) in [7, 11) is -3.58. The SMILES string of the molecule is Cc1ccc(S(=O)(=O)N2SOC3Cc4ccccc4C32)cc1. The van der Waals surface area contributed by atoms with Crippen molar-refractivity contribution in [3.63, 3.8) is 0 Å². The minimum atomic E-state index is -3.58. The van der Waals surface area contributed by atoms with Gasteiger partial charge in [0, 0.05) is 6.42 Å². The lowest BCUT2D eigenvalue weighted by Gasteiger charge is -2.20. The lowest BCUT2D eigenvalue weighted by molar-refractivity contribution is 0.236. The number of sulfonamides is 1. The number of benzene rings is 2. The van der Waals surface area contributed by atoms with Crippen molar-refractivity contribution in [1.29, 1.82) is 0 Å². The Hall–Kier alpha value is -1.34. The van der Waals surface area contributed by atoms with E-state index in [1.165, 1.54) is 9.27 Å². The van der Waals surface area contributed by atoms with E-state index >= 15 is 0 Å². The fourth-order valence-corrected chi connectivity index (χ4v) is 5.65. The number of hydrogen-bond donors (Lipinski definition) is 0. The van der Waals surface area contributed by atoms with E-state index in [0.29, 0.717) is 4.90 Å². The van der Waals surface area contributed by atoms with E-state index in [0.717, 1.165) is 29.8 Å². The minimum absolute atomic E-state index is 0.109. The Morgan fingerprint density at radius 1 is 1.14 bits per heavy atom. The Bertz CT molecular complexity index is 818. The second kappa shape index (κ2) is 5.09. The Balaban J connectivity index is 1.76. The standard InChI is InChI=1S/C16H15NO3S2/c1-11-6-8-13(9-7-11)22(18,19)17-16-14-5-3-2-4-12(14)10-15(16)20-21-17/h2-9,15-16H,10H2,1H3. The van der Waals surface area contributed by atoms with Crippen molar-refractivity contribution in [2.45, 2.75) is 30.4 Å². The zero-order valence-corrected chi connectivity index (χ0v) is 13.6. The normalized spacial score (nSPS) is 24.2. The van der Waals surface area contributed by atoms with Crippen LogP contribution < -0.4 is 0 Å². The second-order valence-electron chi connectivity index (χ2n) is 5.63. The molecule has 0 bridgehead atoms. The zero-order valence-electron chi connectivity index (χ0n) is 12.0. The van der Waals surface area contributed by atoms with Crippen molar-refractivity contribution in [1.82, 2.24) is 3.71 Å². The van der Waals surface area contributed by atoms with Crippen LogP contribution in [0.4, 0.5) is 0 Å². The van der Waals surface area contributed by atoms with Crippen molar-refractivity contribution in [3.05, 3.63) is 65.2 Å². The predicted molar refractivity (Wildman–Crippen MR) is 85.6 cm³/mol. The monoisotopic (exact) mass is 333 g/mol. The molecule has 2 atom stereocenters. The molecule has 0 radical (unpaired) electrons. The summed E-state index contributed by atoms with van der Waals surface area (Å²) in [4.78, 5) is 0.305. The highest BCUT2D eigenvalue weighted by Crippen LogP contribution is 2.50. The molecule has 0 amide bonds. The van der Waals surface area contributed by atoms with Crippen molar-refractivity contribution < 1.29 is 12.6 Å². The molecule has 1 heterocycles. The minimum Gasteiger partial charge on any atom is -0.295 e. The third-order valence-electron chi connectivity index (χ3n) is 4.17. The number of rotatable bonds is 2. The predicted octanol–water partition coefficient (Wildman–Crippen LogP) is 3.25. The second-order valence-corrected chi connectivity index (χ2v) is 8.41. The fraction of sp³-hybridized carbons (Fsp3) is 0.250. The van der Waals surface area contributed by atoms with Crippen molar-refractivity contribution >= 4 is 22.3 Å². The van der Waals surface area contributed by atoms with E-state index in [1.807, 2.05) is 43.3 Å². The smallest absolute Gasteiger partial charge is 0.254 e. The van der Waals surface area contributed by atoms with Crippen LogP contribution in [0.15, 0.2) is 53.4 Å². The Kier molecular flexibility index (Phi) is 3.30. The molecule has 0 N–H and O–H groups in total. The molecule has 4 nitrogen and oxygen atoms in total. The van der Waals surface area contributed by atoms with Gasteiger partial charge < -0.3 is 0 Å². The van der Waals surface area contributed by atoms with Crippen LogP contribution in [0.5, 0.6) is 0 Å². The van der Waals surface area contributed by atoms with Gasteiger partial charge in [-0.05, 0) is 30.2 Å². The van der Waals surface area contributed by atoms with E-state index in [-0.39, 0.29) is 12.1 Å². The van der Waals surface area contributed by atoms with Crippen molar-refractivity contribution in [2.24, 2.45) is 0 Å². The maximum atomic E-state index is 12.9. The summed E-state index contributed by atoms with van der Waals surface area (Å²) in [5.41, 5.74) is 3.25. The average molecular weight is 333 g/mol. The molecule has 6 heteroatoms. The van der Waals surface area contributed by atoms with E-state index < -0.39 is 10.0 Å². The van der Waals surface area contributed by atoms with Gasteiger partial charge in [-0.1, -0.05) is 42.0 Å². The largest absolute Gasteiger partial charge is 0.295 e. The summed E-state index contributed by atoms with van der Waals surface area (Å²) in [6.07, 6.45) is 0.649. The summed E-state index contributed by atoms with van der Waals surface area (Å²) >= 11 is 0.949. The molecule has 0 spiro atoms. The fourth-order valence-electron chi connectivity index (χ4n) is 3.02. The molecule has 2 aromatic carbocycles. The first-order valence-corrected chi connectivity index (χ1v) is 9.23. The number of nitrogens with zero attached hydrogens (tertiary/aromatic N) is 1. The third-order valence-corrected chi connectivity index (χ3v) is 7.22. The lowest BCUT2D eigenvalue weighted by atomic mass is 10.1. The number of aryl methyl sites for hydroxylation is 1. The molecule has 1 fully saturated rings. The van der Waals surface area contributed by atoms with Gasteiger partial charge in [-0.2, -0.15) is 0 Å². The van der Waals surface area contributed by atoms with Gasteiger partial charge in [0.2, 0.25) is 0 Å². The van der Waals surface area contributed by atoms with Crippen LogP contribution in [0.1, 0.15) is 22.7 Å². The van der Waals surface area contributed by atoms with Gasteiger partial charge in [-0.3, -0.25) is 4.18 Å². The molecule has 114 valence electrons. The van der Waals surface area contributed by atoms with Crippen LogP contribution in [-0.4, -0.2) is 18.2 Å². The highest BCUT2D eigenvalue weighted by molar-refractivity contribution is 8.06. The van der Waals surface area contributed by atoms with Crippen LogP contribution in [0, 0.1) is 6.92 Å². The van der Waals surface area contributed by atoms with Gasteiger partial charge in [0.15, 0.2) is 0 Å². The van der Waals surface area contributed by atoms with Crippen molar-refractivity contribution in [2.75, 3.05) is 0 Å². The molecule has 0 saturated carbocycles. The lowest BCUT2D eigenvalue weighted by Crippen LogP contribution is -2.28.